The summed E-state index contributed by atoms with van der Waals surface area (Å²) in [6, 6.07) is 0. The van der Waals surface area contributed by atoms with E-state index in [-0.39, 0.29) is 36.9 Å². The molecule has 61 heavy (non-hydrogen) atoms. The molecule has 8 aliphatic rings. The Morgan fingerprint density at radius 1 is 0.689 bits per heavy atom. The highest BCUT2D eigenvalue weighted by atomic mass is 16.8. The maximum absolute atomic E-state index is 12.6. The normalized spacial score (nSPS) is 55.0. The van der Waals surface area contributed by atoms with E-state index in [0.717, 1.165) is 5.57 Å². The fraction of sp³-hybridized carbons (Fsp3) is 0.927. The Bertz CT molecular complexity index is 1600. The van der Waals surface area contributed by atoms with Gasteiger partial charge in [0.2, 0.25) is 0 Å². The standard InChI is InChI=1S/C41H64O20/c1-16-34(60-38-33(53)30(50)35(24(13-43)59-38)61-37-31(51)28(48)27(47)23(12-42)58-37)29(49)32(52)36(56-16)57-19-5-7-40(15-44)18(10-19)3-4-21-22(40)11-25(45)39(2)20(6-8-41(21,39)54)17-9-26(46)55-14-17/h9,16,18-25,27-38,42-45,47-54H,3-8,10-15H2,1-2H3/t16-,18+,19+,20-,21-,22+,23-,24-,25-,27-,28-,29-,30-,31-,32-,33-,34-,35-,36+,37+,38+,39+,40-,41+/m1/s1. The SMILES string of the molecule is C[C@H]1O[C@@H](O[C@H]2CC[C@@]3(CO)[C@@H](CC[C@@H]4[C@@H]3C[C@@H](O)[C@]3(C)[C@@H](C5=CC(=O)OC5)CC[C@]43O)C2)[C@H](O)[C@@H](O)[C@@H]1O[C@@H]1O[C@H](CO)[C@@H](O[C@@H]2O[C@H](CO)[C@@H](O)[C@@H](O)[C@H]2O)[C@H](O)[C@H]1O. The summed E-state index contributed by atoms with van der Waals surface area (Å²) in [6.45, 7) is 1.95. The molecule has 20 heteroatoms. The van der Waals surface area contributed by atoms with E-state index in [1.165, 1.54) is 6.08 Å². The smallest absolute Gasteiger partial charge is 0.331 e. The average Bonchev–Trinajstić information content (AvgIpc) is 3.80. The van der Waals surface area contributed by atoms with Crippen molar-refractivity contribution in [2.75, 3.05) is 26.4 Å². The van der Waals surface area contributed by atoms with Crippen LogP contribution in [0.4, 0.5) is 0 Å². The van der Waals surface area contributed by atoms with Crippen molar-refractivity contribution in [2.45, 2.75) is 175 Å². The Kier molecular flexibility index (Phi) is 13.1. The fourth-order valence-corrected chi connectivity index (χ4v) is 12.9. The second kappa shape index (κ2) is 17.4. The van der Waals surface area contributed by atoms with E-state index in [1.807, 2.05) is 6.92 Å². The Balaban J connectivity index is 0.886. The first kappa shape index (κ1) is 46.0. The zero-order valence-electron chi connectivity index (χ0n) is 34.3. The van der Waals surface area contributed by atoms with Crippen LogP contribution in [0.3, 0.4) is 0 Å². The highest BCUT2D eigenvalue weighted by Crippen LogP contribution is 2.70. The molecule has 0 aromatic carbocycles. The van der Waals surface area contributed by atoms with E-state index in [2.05, 4.69) is 0 Å². The third-order valence-corrected chi connectivity index (χ3v) is 16.4. The molecule has 24 atom stereocenters. The van der Waals surface area contributed by atoms with Gasteiger partial charge in [-0.2, -0.15) is 0 Å². The number of cyclic esters (lactones) is 1. The van der Waals surface area contributed by atoms with E-state index in [9.17, 15) is 66.1 Å². The van der Waals surface area contributed by atoms with Crippen LogP contribution < -0.4 is 0 Å². The van der Waals surface area contributed by atoms with Crippen LogP contribution >= 0.6 is 0 Å². The average molecular weight is 877 g/mol. The molecule has 4 heterocycles. The molecule has 4 aliphatic heterocycles. The van der Waals surface area contributed by atoms with Crippen LogP contribution in [0.25, 0.3) is 0 Å². The van der Waals surface area contributed by atoms with Gasteiger partial charge in [-0.3, -0.25) is 0 Å². The van der Waals surface area contributed by atoms with Gasteiger partial charge < -0.3 is 94.4 Å². The third-order valence-electron chi connectivity index (χ3n) is 16.4. The molecular weight excluding hydrogens is 812 g/mol. The molecule has 0 amide bonds. The lowest BCUT2D eigenvalue weighted by atomic mass is 9.42. The second-order valence-corrected chi connectivity index (χ2v) is 19.1. The lowest BCUT2D eigenvalue weighted by molar-refractivity contribution is -0.379. The van der Waals surface area contributed by atoms with Gasteiger partial charge in [-0.1, -0.05) is 6.92 Å². The molecule has 20 nitrogen and oxygen atoms in total. The van der Waals surface area contributed by atoms with Crippen LogP contribution in [0.1, 0.15) is 65.2 Å². The monoisotopic (exact) mass is 876 g/mol. The third kappa shape index (κ3) is 7.43. The van der Waals surface area contributed by atoms with E-state index in [4.69, 9.17) is 33.2 Å². The summed E-state index contributed by atoms with van der Waals surface area (Å²) in [5.41, 5.74) is -1.89. The fourth-order valence-electron chi connectivity index (χ4n) is 12.9. The van der Waals surface area contributed by atoms with Gasteiger partial charge in [-0.15, -0.1) is 0 Å². The molecule has 4 saturated carbocycles. The minimum Gasteiger partial charge on any atom is -0.458 e. The van der Waals surface area contributed by atoms with Gasteiger partial charge in [0.1, 0.15) is 73.8 Å². The summed E-state index contributed by atoms with van der Waals surface area (Å²) in [4.78, 5) is 12.0. The van der Waals surface area contributed by atoms with Gasteiger partial charge in [0, 0.05) is 18.1 Å². The highest BCUT2D eigenvalue weighted by molar-refractivity contribution is 5.85. The predicted octanol–water partition coefficient (Wildman–Crippen LogP) is -3.95. The Morgan fingerprint density at radius 2 is 1.31 bits per heavy atom. The zero-order valence-corrected chi connectivity index (χ0v) is 34.3. The van der Waals surface area contributed by atoms with Gasteiger partial charge in [0.15, 0.2) is 18.9 Å². The van der Waals surface area contributed by atoms with E-state index in [1.54, 1.807) is 6.92 Å². The molecule has 0 unspecified atom stereocenters. The Hall–Kier alpha value is -1.51. The van der Waals surface area contributed by atoms with E-state index < -0.39 is 140 Å². The molecule has 0 aromatic rings. The van der Waals surface area contributed by atoms with Crippen molar-refractivity contribution in [2.24, 2.45) is 34.5 Å². The van der Waals surface area contributed by atoms with Crippen LogP contribution in [-0.2, 0) is 38.0 Å². The summed E-state index contributed by atoms with van der Waals surface area (Å²) in [7, 11) is 0. The van der Waals surface area contributed by atoms with Crippen molar-refractivity contribution in [3.63, 3.8) is 0 Å². The summed E-state index contributed by atoms with van der Waals surface area (Å²) in [5, 5.41) is 131. The number of aliphatic hydroxyl groups excluding tert-OH is 11. The first-order valence-corrected chi connectivity index (χ1v) is 21.7. The van der Waals surface area contributed by atoms with Crippen molar-refractivity contribution in [3.8, 4) is 0 Å². The maximum atomic E-state index is 12.6. The van der Waals surface area contributed by atoms with E-state index >= 15 is 0 Å². The summed E-state index contributed by atoms with van der Waals surface area (Å²) < 4.78 is 40.1. The minimum absolute atomic E-state index is 0.0399. The lowest BCUT2D eigenvalue weighted by Gasteiger charge is -2.65. The highest BCUT2D eigenvalue weighted by Gasteiger charge is 2.71. The molecule has 348 valence electrons. The summed E-state index contributed by atoms with van der Waals surface area (Å²) in [5.74, 6) is -1.01. The molecule has 0 aromatic heterocycles. The number of ether oxygens (including phenoxy) is 7. The summed E-state index contributed by atoms with van der Waals surface area (Å²) >= 11 is 0. The molecule has 3 saturated heterocycles. The number of fused-ring (bicyclic) bond motifs is 5. The topological polar surface area (TPSA) is 324 Å². The number of carbonyl (C=O) groups is 1. The Labute approximate surface area is 352 Å². The molecule has 8 rings (SSSR count). The number of esters is 1. The van der Waals surface area contributed by atoms with Gasteiger partial charge in [0.25, 0.3) is 0 Å². The van der Waals surface area contributed by atoms with Crippen LogP contribution in [0, 0.1) is 34.5 Å². The second-order valence-electron chi connectivity index (χ2n) is 19.1. The van der Waals surface area contributed by atoms with Crippen molar-refractivity contribution in [1.82, 2.24) is 0 Å². The van der Waals surface area contributed by atoms with Gasteiger partial charge in [0.05, 0.1) is 37.1 Å². The molecule has 7 fully saturated rings. The van der Waals surface area contributed by atoms with Crippen molar-refractivity contribution in [1.29, 1.82) is 0 Å². The van der Waals surface area contributed by atoms with Crippen LogP contribution in [0.5, 0.6) is 0 Å². The molecule has 0 bridgehead atoms. The largest absolute Gasteiger partial charge is 0.458 e. The summed E-state index contributed by atoms with van der Waals surface area (Å²) in [6.07, 6.45) is -19.2. The number of hydrogen-bond acceptors (Lipinski definition) is 20. The van der Waals surface area contributed by atoms with E-state index in [0.29, 0.717) is 51.4 Å². The van der Waals surface area contributed by atoms with Gasteiger partial charge in [-0.05, 0) is 93.0 Å². The quantitative estimate of drug-likeness (QED) is 0.0736. The molecule has 0 spiro atoms. The lowest BCUT2D eigenvalue weighted by Crippen LogP contribution is -2.68. The first-order chi connectivity index (χ1) is 28.9. The zero-order chi connectivity index (χ0) is 43.9. The van der Waals surface area contributed by atoms with Crippen molar-refractivity contribution in [3.05, 3.63) is 11.6 Å². The predicted molar refractivity (Wildman–Crippen MR) is 201 cm³/mol. The first-order valence-electron chi connectivity index (χ1n) is 21.7. The van der Waals surface area contributed by atoms with Crippen LogP contribution in [0.15, 0.2) is 11.6 Å². The molecule has 4 aliphatic carbocycles. The number of aliphatic hydroxyl groups is 12. The van der Waals surface area contributed by atoms with Crippen LogP contribution in [-0.4, -0.2) is 204 Å². The molecule has 0 radical (unpaired) electrons. The van der Waals surface area contributed by atoms with Crippen molar-refractivity contribution >= 4 is 5.97 Å². The van der Waals surface area contributed by atoms with Gasteiger partial charge in [-0.25, -0.2) is 4.79 Å². The molecular formula is C41H64O20. The maximum Gasteiger partial charge on any atom is 0.331 e. The van der Waals surface area contributed by atoms with Gasteiger partial charge >= 0.3 is 5.97 Å². The minimum atomic E-state index is -1.88. The number of carbonyl (C=O) groups excluding carboxylic acids is 1. The number of hydrogen-bond donors (Lipinski definition) is 12. The van der Waals surface area contributed by atoms with Crippen molar-refractivity contribution < 1.29 is 99.2 Å². The molecule has 12 N–H and O–H groups in total. The van der Waals surface area contributed by atoms with Crippen LogP contribution in [0.2, 0.25) is 0 Å². The number of rotatable bonds is 10. The Morgan fingerprint density at radius 3 is 1.95 bits per heavy atom.